The molecule has 1 aromatic heterocycles. The average Bonchev–Trinajstić information content (AvgIpc) is 3.29. The fourth-order valence-corrected chi connectivity index (χ4v) is 5.67. The topological polar surface area (TPSA) is 100 Å². The van der Waals surface area contributed by atoms with Gasteiger partial charge in [0.15, 0.2) is 15.0 Å². The highest BCUT2D eigenvalue weighted by Crippen LogP contribution is 2.33. The first kappa shape index (κ1) is 18.4. The molecule has 2 fully saturated rings. The minimum absolute atomic E-state index is 0.0704. The number of aromatic nitrogens is 2. The fourth-order valence-electron chi connectivity index (χ4n) is 3.19. The summed E-state index contributed by atoms with van der Waals surface area (Å²) in [7, 11) is -3.02. The smallest absolute Gasteiger partial charge is 0.251 e. The molecule has 25 heavy (non-hydrogen) atoms. The normalized spacial score (nSPS) is 22.0. The maximum absolute atomic E-state index is 12.7. The van der Waals surface area contributed by atoms with Gasteiger partial charge in [0.1, 0.15) is 0 Å². The molecule has 7 nitrogen and oxygen atoms in total. The molecule has 1 aliphatic carbocycles. The lowest BCUT2D eigenvalue weighted by molar-refractivity contribution is -0.130. The SMILES string of the molecule is CCCc1cc(=O)[nH]c(SCC(=O)N(C2CC2)[C@@H]2CCS(=O)(=O)C2)n1. The maximum atomic E-state index is 12.7. The summed E-state index contributed by atoms with van der Waals surface area (Å²) in [5, 5.41) is 0.444. The van der Waals surface area contributed by atoms with Crippen LogP contribution in [0.3, 0.4) is 0 Å². The van der Waals surface area contributed by atoms with Crippen molar-refractivity contribution in [2.75, 3.05) is 17.3 Å². The van der Waals surface area contributed by atoms with Crippen LogP contribution in [0.5, 0.6) is 0 Å². The van der Waals surface area contributed by atoms with Crippen molar-refractivity contribution in [3.63, 3.8) is 0 Å². The fraction of sp³-hybridized carbons (Fsp3) is 0.688. The second-order valence-corrected chi connectivity index (χ2v) is 9.86. The van der Waals surface area contributed by atoms with Gasteiger partial charge in [-0.15, -0.1) is 0 Å². The molecule has 0 spiro atoms. The number of thioether (sulfide) groups is 1. The monoisotopic (exact) mass is 385 g/mol. The van der Waals surface area contributed by atoms with Gasteiger partial charge in [0, 0.05) is 23.8 Å². The summed E-state index contributed by atoms with van der Waals surface area (Å²) < 4.78 is 23.5. The molecular formula is C16H23N3O4S2. The number of carbonyl (C=O) groups excluding carboxylic acids is 1. The predicted octanol–water partition coefficient (Wildman–Crippen LogP) is 0.993. The number of nitrogens with one attached hydrogen (secondary N) is 1. The number of nitrogens with zero attached hydrogens (tertiary/aromatic N) is 2. The Morgan fingerprint density at radius 3 is 2.72 bits per heavy atom. The summed E-state index contributed by atoms with van der Waals surface area (Å²) in [6.07, 6.45) is 4.02. The summed E-state index contributed by atoms with van der Waals surface area (Å²) >= 11 is 1.21. The highest BCUT2D eigenvalue weighted by molar-refractivity contribution is 7.99. The Kier molecular flexibility index (Phi) is 5.52. The number of amides is 1. The summed E-state index contributed by atoms with van der Waals surface area (Å²) in [4.78, 5) is 33.2. The zero-order chi connectivity index (χ0) is 18.0. The number of aryl methyl sites for hydroxylation is 1. The predicted molar refractivity (Wildman–Crippen MR) is 96.5 cm³/mol. The number of sulfone groups is 1. The lowest BCUT2D eigenvalue weighted by atomic mass is 10.2. The van der Waals surface area contributed by atoms with E-state index in [-0.39, 0.29) is 40.8 Å². The van der Waals surface area contributed by atoms with Crippen LogP contribution in [0.1, 0.15) is 38.3 Å². The van der Waals surface area contributed by atoms with E-state index in [0.717, 1.165) is 31.4 Å². The van der Waals surface area contributed by atoms with Crippen molar-refractivity contribution in [3.8, 4) is 0 Å². The lowest BCUT2D eigenvalue weighted by Crippen LogP contribution is -2.43. The van der Waals surface area contributed by atoms with Gasteiger partial charge in [-0.05, 0) is 25.7 Å². The molecule has 1 aliphatic heterocycles. The third-order valence-corrected chi connectivity index (χ3v) is 7.05. The van der Waals surface area contributed by atoms with E-state index in [1.54, 1.807) is 4.90 Å². The van der Waals surface area contributed by atoms with Gasteiger partial charge in [-0.25, -0.2) is 13.4 Å². The van der Waals surface area contributed by atoms with Gasteiger partial charge in [0.25, 0.3) is 5.56 Å². The Bertz CT molecular complexity index is 802. The minimum atomic E-state index is -3.02. The molecule has 1 saturated carbocycles. The first-order valence-corrected chi connectivity index (χ1v) is 11.4. The number of H-pyrrole nitrogens is 1. The first-order valence-electron chi connectivity index (χ1n) is 8.62. The molecule has 1 aromatic rings. The van der Waals surface area contributed by atoms with Crippen LogP contribution < -0.4 is 5.56 Å². The van der Waals surface area contributed by atoms with Crippen LogP contribution in [0.2, 0.25) is 0 Å². The molecule has 1 amide bonds. The minimum Gasteiger partial charge on any atom is -0.335 e. The standard InChI is InChI=1S/C16H23N3O4S2/c1-2-3-11-8-14(20)18-16(17-11)24-9-15(21)19(12-4-5-12)13-6-7-25(22,23)10-13/h8,12-13H,2-7,9-10H2,1H3,(H,17,18,20)/t13-/m1/s1. The quantitative estimate of drug-likeness (QED) is 0.555. The molecule has 0 bridgehead atoms. The second kappa shape index (κ2) is 7.49. The molecule has 2 heterocycles. The highest BCUT2D eigenvalue weighted by atomic mass is 32.2. The van der Waals surface area contributed by atoms with Crippen LogP contribution in [-0.2, 0) is 21.1 Å². The number of rotatable bonds is 7. The maximum Gasteiger partial charge on any atom is 0.251 e. The Morgan fingerprint density at radius 1 is 1.36 bits per heavy atom. The van der Waals surface area contributed by atoms with E-state index in [1.807, 2.05) is 6.92 Å². The van der Waals surface area contributed by atoms with Crippen LogP contribution in [0.4, 0.5) is 0 Å². The third-order valence-electron chi connectivity index (χ3n) is 4.44. The van der Waals surface area contributed by atoms with Gasteiger partial charge >= 0.3 is 0 Å². The Balaban J connectivity index is 1.65. The van der Waals surface area contributed by atoms with E-state index >= 15 is 0 Å². The second-order valence-electron chi connectivity index (χ2n) is 6.67. The summed E-state index contributed by atoms with van der Waals surface area (Å²) in [5.41, 5.74) is 0.511. The highest BCUT2D eigenvalue weighted by Gasteiger charge is 2.41. The number of hydrogen-bond donors (Lipinski definition) is 1. The lowest BCUT2D eigenvalue weighted by Gasteiger charge is -2.28. The van der Waals surface area contributed by atoms with Gasteiger partial charge in [0.2, 0.25) is 5.91 Å². The van der Waals surface area contributed by atoms with E-state index in [0.29, 0.717) is 11.6 Å². The zero-order valence-electron chi connectivity index (χ0n) is 14.2. The van der Waals surface area contributed by atoms with E-state index in [1.165, 1.54) is 17.8 Å². The van der Waals surface area contributed by atoms with Crippen molar-refractivity contribution < 1.29 is 13.2 Å². The molecule has 1 atom stereocenters. The molecule has 0 unspecified atom stereocenters. The molecule has 2 aliphatic rings. The van der Waals surface area contributed by atoms with E-state index in [2.05, 4.69) is 9.97 Å². The molecule has 138 valence electrons. The van der Waals surface area contributed by atoms with Crippen molar-refractivity contribution in [1.82, 2.24) is 14.9 Å². The number of aromatic amines is 1. The molecule has 1 saturated heterocycles. The van der Waals surface area contributed by atoms with E-state index in [4.69, 9.17) is 0 Å². The first-order chi connectivity index (χ1) is 11.9. The Labute approximate surface area is 151 Å². The van der Waals surface area contributed by atoms with Crippen LogP contribution in [0, 0.1) is 0 Å². The van der Waals surface area contributed by atoms with Crippen LogP contribution in [0.15, 0.2) is 16.0 Å². The molecule has 9 heteroatoms. The van der Waals surface area contributed by atoms with Crippen LogP contribution >= 0.6 is 11.8 Å². The van der Waals surface area contributed by atoms with Gasteiger partial charge in [-0.2, -0.15) is 0 Å². The van der Waals surface area contributed by atoms with Crippen molar-refractivity contribution in [2.45, 2.75) is 56.3 Å². The zero-order valence-corrected chi connectivity index (χ0v) is 15.9. The molecule has 1 N–H and O–H groups in total. The van der Waals surface area contributed by atoms with Gasteiger partial charge in [-0.1, -0.05) is 25.1 Å². The molecule has 0 aromatic carbocycles. The van der Waals surface area contributed by atoms with Crippen molar-refractivity contribution in [2.24, 2.45) is 0 Å². The molecule has 3 rings (SSSR count). The summed E-state index contributed by atoms with van der Waals surface area (Å²) in [6, 6.07) is 1.45. The Morgan fingerprint density at radius 2 is 2.12 bits per heavy atom. The average molecular weight is 386 g/mol. The van der Waals surface area contributed by atoms with Crippen molar-refractivity contribution >= 4 is 27.5 Å². The van der Waals surface area contributed by atoms with Crippen molar-refractivity contribution in [3.05, 3.63) is 22.1 Å². The third kappa shape index (κ3) is 4.84. The molecular weight excluding hydrogens is 362 g/mol. The summed E-state index contributed by atoms with van der Waals surface area (Å²) in [6.45, 7) is 2.02. The van der Waals surface area contributed by atoms with Gasteiger partial charge in [0.05, 0.1) is 17.3 Å². The number of carbonyl (C=O) groups is 1. The van der Waals surface area contributed by atoms with Crippen LogP contribution in [0.25, 0.3) is 0 Å². The molecule has 0 radical (unpaired) electrons. The van der Waals surface area contributed by atoms with E-state index in [9.17, 15) is 18.0 Å². The summed E-state index contributed by atoms with van der Waals surface area (Å²) in [5.74, 6) is 0.319. The Hall–Kier alpha value is -1.35. The van der Waals surface area contributed by atoms with E-state index < -0.39 is 9.84 Å². The van der Waals surface area contributed by atoms with Gasteiger partial charge in [-0.3, -0.25) is 9.59 Å². The number of hydrogen-bond acceptors (Lipinski definition) is 6. The van der Waals surface area contributed by atoms with Crippen LogP contribution in [-0.4, -0.2) is 58.5 Å². The largest absolute Gasteiger partial charge is 0.335 e. The van der Waals surface area contributed by atoms with Crippen molar-refractivity contribution in [1.29, 1.82) is 0 Å². The van der Waals surface area contributed by atoms with Gasteiger partial charge < -0.3 is 9.88 Å².